The van der Waals surface area contributed by atoms with Crippen LogP contribution in [-0.4, -0.2) is 13.0 Å². The van der Waals surface area contributed by atoms with Crippen LogP contribution in [0.2, 0.25) is 0 Å². The van der Waals surface area contributed by atoms with Gasteiger partial charge >= 0.3 is 0 Å². The van der Waals surface area contributed by atoms with Crippen LogP contribution in [0.5, 0.6) is 0 Å². The highest BCUT2D eigenvalue weighted by atomic mass is 16.1. The number of nitrogens with one attached hydrogen (secondary N) is 1. The normalized spacial score (nSPS) is 7.50. The zero-order valence-electron chi connectivity index (χ0n) is 7.31. The first-order chi connectivity index (χ1) is 4.83. The molecule has 0 aromatic rings. The molecule has 1 N–H and O–H groups in total. The molecule has 0 atom stereocenters. The maximum Gasteiger partial charge on any atom is 0.207 e. The van der Waals surface area contributed by atoms with Gasteiger partial charge < -0.3 is 5.32 Å². The summed E-state index contributed by atoms with van der Waals surface area (Å²) < 4.78 is 0. The minimum atomic E-state index is 0.681. The predicted octanol–water partition coefficient (Wildman–Crippen LogP) is 1.95. The van der Waals surface area contributed by atoms with E-state index in [1.54, 1.807) is 0 Å². The van der Waals surface area contributed by atoms with Crippen LogP contribution in [0.15, 0.2) is 0 Å². The second kappa shape index (κ2) is 15.8. The van der Waals surface area contributed by atoms with E-state index in [1.165, 1.54) is 19.3 Å². The molecule has 0 aliphatic heterocycles. The lowest BCUT2D eigenvalue weighted by Gasteiger charge is -1.79. The summed E-state index contributed by atoms with van der Waals surface area (Å²) in [6.07, 6.45) is 4.76. The zero-order valence-corrected chi connectivity index (χ0v) is 7.31. The van der Waals surface area contributed by atoms with Gasteiger partial charge in [-0.3, -0.25) is 4.79 Å². The number of carbonyl (C=O) groups is 1. The van der Waals surface area contributed by atoms with Gasteiger partial charge in [-0.15, -0.1) is 0 Å². The summed E-state index contributed by atoms with van der Waals surface area (Å²) >= 11 is 0. The Hall–Kier alpha value is -0.530. The van der Waals surface area contributed by atoms with E-state index in [-0.39, 0.29) is 0 Å². The smallest absolute Gasteiger partial charge is 0.207 e. The van der Waals surface area contributed by atoms with Gasteiger partial charge in [-0.1, -0.05) is 33.1 Å². The van der Waals surface area contributed by atoms with Gasteiger partial charge in [0.25, 0.3) is 0 Å². The Morgan fingerprint density at radius 2 is 1.70 bits per heavy atom. The van der Waals surface area contributed by atoms with E-state index < -0.39 is 0 Å². The van der Waals surface area contributed by atoms with Gasteiger partial charge in [0.15, 0.2) is 0 Å². The third kappa shape index (κ3) is 26.0. The maximum atomic E-state index is 9.29. The van der Waals surface area contributed by atoms with E-state index in [1.807, 2.05) is 6.92 Å². The predicted molar refractivity (Wildman–Crippen MR) is 44.9 cm³/mol. The Morgan fingerprint density at radius 3 is 1.70 bits per heavy atom. The summed E-state index contributed by atoms with van der Waals surface area (Å²) in [5.74, 6) is 0. The summed E-state index contributed by atoms with van der Waals surface area (Å²) in [5.41, 5.74) is 0. The van der Waals surface area contributed by atoms with E-state index in [2.05, 4.69) is 19.2 Å². The number of hydrogen-bond acceptors (Lipinski definition) is 1. The van der Waals surface area contributed by atoms with Gasteiger partial charge in [-0.25, -0.2) is 0 Å². The standard InChI is InChI=1S/C5H12.C3H7NO/c1-3-5-4-2;1-2-4-3-5/h3-5H2,1-2H3;3H,2H2,1H3,(H,4,5). The Bertz CT molecular complexity index is 53.2. The van der Waals surface area contributed by atoms with Crippen molar-refractivity contribution in [2.75, 3.05) is 6.54 Å². The SMILES string of the molecule is CCCCC.CCNC=O. The fourth-order valence-corrected chi connectivity index (χ4v) is 0.437. The second-order valence-corrected chi connectivity index (χ2v) is 2.03. The molecule has 0 aromatic carbocycles. The number of rotatable bonds is 4. The van der Waals surface area contributed by atoms with Gasteiger partial charge in [0.05, 0.1) is 0 Å². The largest absolute Gasteiger partial charge is 0.359 e. The molecule has 0 aliphatic rings. The van der Waals surface area contributed by atoms with Crippen LogP contribution < -0.4 is 5.32 Å². The molecule has 0 fully saturated rings. The second-order valence-electron chi connectivity index (χ2n) is 2.03. The average molecular weight is 145 g/mol. The van der Waals surface area contributed by atoms with Crippen molar-refractivity contribution in [3.63, 3.8) is 0 Å². The number of amides is 1. The Labute approximate surface area is 64.0 Å². The first-order valence-electron chi connectivity index (χ1n) is 4.00. The van der Waals surface area contributed by atoms with Crippen LogP contribution in [0, 0.1) is 0 Å². The molecule has 0 aromatic heterocycles. The highest BCUT2D eigenvalue weighted by Crippen LogP contribution is 1.88. The zero-order chi connectivity index (χ0) is 8.24. The van der Waals surface area contributed by atoms with Crippen molar-refractivity contribution in [2.45, 2.75) is 40.0 Å². The van der Waals surface area contributed by atoms with Crippen molar-refractivity contribution < 1.29 is 4.79 Å². The minimum Gasteiger partial charge on any atom is -0.359 e. The summed E-state index contributed by atoms with van der Waals surface area (Å²) in [7, 11) is 0. The Kier molecular flexibility index (Phi) is 19.2. The van der Waals surface area contributed by atoms with Gasteiger partial charge in [-0.2, -0.15) is 0 Å². The summed E-state index contributed by atoms with van der Waals surface area (Å²) in [4.78, 5) is 9.29. The van der Waals surface area contributed by atoms with Crippen molar-refractivity contribution >= 4 is 6.41 Å². The highest BCUT2D eigenvalue weighted by Gasteiger charge is 1.68. The van der Waals surface area contributed by atoms with Crippen molar-refractivity contribution in [1.82, 2.24) is 5.32 Å². The minimum absolute atomic E-state index is 0.681. The van der Waals surface area contributed by atoms with Crippen molar-refractivity contribution in [1.29, 1.82) is 0 Å². The van der Waals surface area contributed by atoms with Crippen molar-refractivity contribution in [3.05, 3.63) is 0 Å². The highest BCUT2D eigenvalue weighted by molar-refractivity contribution is 5.45. The molecule has 0 unspecified atom stereocenters. The molecule has 0 saturated heterocycles. The van der Waals surface area contributed by atoms with E-state index in [0.29, 0.717) is 6.41 Å². The van der Waals surface area contributed by atoms with Crippen molar-refractivity contribution in [3.8, 4) is 0 Å². The van der Waals surface area contributed by atoms with Crippen molar-refractivity contribution in [2.24, 2.45) is 0 Å². The molecule has 0 rings (SSSR count). The van der Waals surface area contributed by atoms with Crippen LogP contribution in [-0.2, 0) is 4.79 Å². The summed E-state index contributed by atoms with van der Waals surface area (Å²) in [5, 5.41) is 2.43. The van der Waals surface area contributed by atoms with Gasteiger partial charge in [0.1, 0.15) is 0 Å². The molecule has 0 aliphatic carbocycles. The van der Waals surface area contributed by atoms with E-state index in [0.717, 1.165) is 6.54 Å². The molecule has 2 nitrogen and oxygen atoms in total. The van der Waals surface area contributed by atoms with Crippen LogP contribution in [0.1, 0.15) is 40.0 Å². The quantitative estimate of drug-likeness (QED) is 0.602. The average Bonchev–Trinajstić information content (AvgIpc) is 1.93. The molecule has 0 heterocycles. The van der Waals surface area contributed by atoms with E-state index in [9.17, 15) is 4.79 Å². The molecule has 10 heavy (non-hydrogen) atoms. The molecular formula is C8H19NO. The lowest BCUT2D eigenvalue weighted by atomic mass is 10.3. The van der Waals surface area contributed by atoms with Crippen LogP contribution in [0.25, 0.3) is 0 Å². The number of unbranched alkanes of at least 4 members (excludes halogenated alkanes) is 2. The molecule has 62 valence electrons. The van der Waals surface area contributed by atoms with Crippen LogP contribution in [0.4, 0.5) is 0 Å². The molecule has 2 heteroatoms. The fourth-order valence-electron chi connectivity index (χ4n) is 0.437. The van der Waals surface area contributed by atoms with Crippen LogP contribution >= 0.6 is 0 Å². The topological polar surface area (TPSA) is 29.1 Å². The fraction of sp³-hybridized carbons (Fsp3) is 0.875. The Morgan fingerprint density at radius 1 is 1.20 bits per heavy atom. The monoisotopic (exact) mass is 145 g/mol. The molecule has 0 saturated carbocycles. The first kappa shape index (κ1) is 12.2. The summed E-state index contributed by atoms with van der Waals surface area (Å²) in [6.45, 7) is 7.02. The third-order valence-corrected chi connectivity index (χ3v) is 0.995. The molecule has 0 radical (unpaired) electrons. The molecule has 0 bridgehead atoms. The van der Waals surface area contributed by atoms with Crippen LogP contribution in [0.3, 0.4) is 0 Å². The maximum absolute atomic E-state index is 9.29. The number of hydrogen-bond donors (Lipinski definition) is 1. The molecule has 1 amide bonds. The third-order valence-electron chi connectivity index (χ3n) is 0.995. The van der Waals surface area contributed by atoms with E-state index in [4.69, 9.17) is 0 Å². The van der Waals surface area contributed by atoms with Gasteiger partial charge in [0.2, 0.25) is 6.41 Å². The Balaban J connectivity index is 0. The molecular weight excluding hydrogens is 126 g/mol. The van der Waals surface area contributed by atoms with Gasteiger partial charge in [0, 0.05) is 6.54 Å². The first-order valence-corrected chi connectivity index (χ1v) is 4.00. The summed E-state index contributed by atoms with van der Waals surface area (Å²) in [6, 6.07) is 0. The van der Waals surface area contributed by atoms with Gasteiger partial charge in [-0.05, 0) is 6.92 Å². The number of carbonyl (C=O) groups excluding carboxylic acids is 1. The van der Waals surface area contributed by atoms with E-state index >= 15 is 0 Å². The molecule has 0 spiro atoms. The lowest BCUT2D eigenvalue weighted by Crippen LogP contribution is -2.07. The lowest BCUT2D eigenvalue weighted by molar-refractivity contribution is -0.109.